The van der Waals surface area contributed by atoms with Crippen LogP contribution in [0.2, 0.25) is 0 Å². The molecule has 0 spiro atoms. The van der Waals surface area contributed by atoms with Gasteiger partial charge in [-0.15, -0.1) is 11.3 Å². The fourth-order valence-corrected chi connectivity index (χ4v) is 3.20. The summed E-state index contributed by atoms with van der Waals surface area (Å²) < 4.78 is 5.19. The molecule has 0 aliphatic rings. The maximum atomic E-state index is 12.4. The lowest BCUT2D eigenvalue weighted by molar-refractivity contribution is 0.0945. The Hall–Kier alpha value is -1.92. The van der Waals surface area contributed by atoms with Crippen LogP contribution >= 0.6 is 11.3 Å². The van der Waals surface area contributed by atoms with Gasteiger partial charge in [-0.05, 0) is 38.2 Å². The molecule has 1 aromatic heterocycles. The number of rotatable bonds is 7. The first-order valence-corrected chi connectivity index (χ1v) is 8.45. The van der Waals surface area contributed by atoms with Gasteiger partial charge < -0.3 is 15.0 Å². The van der Waals surface area contributed by atoms with Gasteiger partial charge in [-0.3, -0.25) is 4.79 Å². The molecule has 23 heavy (non-hydrogen) atoms. The van der Waals surface area contributed by atoms with E-state index in [9.17, 15) is 4.79 Å². The normalized spacial score (nSPS) is 12.2. The van der Waals surface area contributed by atoms with Gasteiger partial charge in [0.25, 0.3) is 5.91 Å². The fraction of sp³-hybridized carbons (Fsp3) is 0.412. The van der Waals surface area contributed by atoms with E-state index in [2.05, 4.69) is 15.2 Å². The summed E-state index contributed by atoms with van der Waals surface area (Å²) in [5, 5.41) is 3.03. The number of nitrogens with zero attached hydrogens (tertiary/aromatic N) is 2. The molecule has 1 amide bonds. The van der Waals surface area contributed by atoms with Gasteiger partial charge in [0.2, 0.25) is 0 Å². The van der Waals surface area contributed by atoms with Crippen molar-refractivity contribution in [2.45, 2.75) is 19.4 Å². The second kappa shape index (κ2) is 8.08. The fourth-order valence-electron chi connectivity index (χ4n) is 2.40. The number of aromatic nitrogens is 1. The van der Waals surface area contributed by atoms with Crippen molar-refractivity contribution < 1.29 is 9.53 Å². The third-order valence-corrected chi connectivity index (χ3v) is 4.63. The first-order valence-electron chi connectivity index (χ1n) is 7.57. The molecular formula is C17H23N3O2S. The number of aryl methyl sites for hydroxylation is 1. The number of carbonyl (C=O) groups excluding carboxylic acids is 1. The lowest BCUT2D eigenvalue weighted by Crippen LogP contribution is -2.34. The molecule has 2 rings (SSSR count). The Morgan fingerprint density at radius 2 is 2.04 bits per heavy atom. The minimum atomic E-state index is -0.0512. The number of benzene rings is 1. The highest BCUT2D eigenvalue weighted by atomic mass is 32.1. The van der Waals surface area contributed by atoms with Gasteiger partial charge >= 0.3 is 0 Å². The predicted molar refractivity (Wildman–Crippen MR) is 93.2 cm³/mol. The maximum Gasteiger partial charge on any atom is 0.263 e. The van der Waals surface area contributed by atoms with Crippen LogP contribution < -0.4 is 10.1 Å². The molecular weight excluding hydrogens is 310 g/mol. The van der Waals surface area contributed by atoms with Crippen molar-refractivity contribution >= 4 is 17.2 Å². The molecule has 0 aliphatic heterocycles. The maximum absolute atomic E-state index is 12.4. The summed E-state index contributed by atoms with van der Waals surface area (Å²) in [6, 6.07) is 8.03. The molecule has 6 heteroatoms. The lowest BCUT2D eigenvalue weighted by atomic mass is 10.1. The quantitative estimate of drug-likeness (QED) is 0.846. The summed E-state index contributed by atoms with van der Waals surface area (Å²) in [7, 11) is 5.66. The molecule has 1 atom stereocenters. The zero-order valence-corrected chi connectivity index (χ0v) is 14.8. The van der Waals surface area contributed by atoms with E-state index < -0.39 is 0 Å². The van der Waals surface area contributed by atoms with E-state index in [0.717, 1.165) is 23.4 Å². The summed E-state index contributed by atoms with van der Waals surface area (Å²) >= 11 is 1.39. The lowest BCUT2D eigenvalue weighted by Gasteiger charge is -2.25. The summed E-state index contributed by atoms with van der Waals surface area (Å²) in [6.45, 7) is 2.55. The van der Waals surface area contributed by atoms with Crippen LogP contribution in [0.25, 0.3) is 0 Å². The molecule has 0 bridgehead atoms. The number of carbonyl (C=O) groups is 1. The Kier molecular flexibility index (Phi) is 6.12. The van der Waals surface area contributed by atoms with Crippen LogP contribution in [0.4, 0.5) is 0 Å². The number of hydrogen-bond acceptors (Lipinski definition) is 5. The summed E-state index contributed by atoms with van der Waals surface area (Å²) in [6.07, 6.45) is 0.766. The van der Waals surface area contributed by atoms with Crippen LogP contribution in [0.5, 0.6) is 5.75 Å². The van der Waals surface area contributed by atoms with Gasteiger partial charge in [-0.2, -0.15) is 0 Å². The van der Waals surface area contributed by atoms with Crippen LogP contribution in [0.15, 0.2) is 29.8 Å². The number of ether oxygens (including phenoxy) is 1. The molecule has 0 saturated heterocycles. The molecule has 0 aliphatic carbocycles. The first kappa shape index (κ1) is 17.4. The highest BCUT2D eigenvalue weighted by Gasteiger charge is 2.18. The van der Waals surface area contributed by atoms with Crippen LogP contribution in [-0.2, 0) is 6.42 Å². The van der Waals surface area contributed by atoms with E-state index in [4.69, 9.17) is 4.74 Å². The predicted octanol–water partition coefficient (Wildman–Crippen LogP) is 2.75. The van der Waals surface area contributed by atoms with Gasteiger partial charge in [0.1, 0.15) is 10.6 Å². The van der Waals surface area contributed by atoms with E-state index in [1.807, 2.05) is 45.3 Å². The van der Waals surface area contributed by atoms with Gasteiger partial charge in [-0.25, -0.2) is 4.98 Å². The van der Waals surface area contributed by atoms with Gasteiger partial charge in [0.15, 0.2) is 0 Å². The number of methoxy groups -OCH3 is 1. The summed E-state index contributed by atoms with van der Waals surface area (Å²) in [5.74, 6) is 0.775. The second-order valence-corrected chi connectivity index (χ2v) is 6.30. The first-order chi connectivity index (χ1) is 11.1. The van der Waals surface area contributed by atoms with E-state index in [-0.39, 0.29) is 11.9 Å². The average Bonchev–Trinajstić information content (AvgIpc) is 3.04. The molecule has 1 heterocycles. The monoisotopic (exact) mass is 333 g/mol. The molecule has 0 fully saturated rings. The smallest absolute Gasteiger partial charge is 0.263 e. The van der Waals surface area contributed by atoms with Crippen molar-refractivity contribution in [3.63, 3.8) is 0 Å². The van der Waals surface area contributed by atoms with E-state index in [1.54, 1.807) is 12.6 Å². The third-order valence-electron chi connectivity index (χ3n) is 3.76. The second-order valence-electron chi connectivity index (χ2n) is 5.44. The molecule has 5 nitrogen and oxygen atoms in total. The van der Waals surface area contributed by atoms with Crippen LogP contribution in [0.1, 0.15) is 33.9 Å². The summed E-state index contributed by atoms with van der Waals surface area (Å²) in [5.41, 5.74) is 3.72. The number of thiazole rings is 1. The van der Waals surface area contributed by atoms with Crippen molar-refractivity contribution in [3.05, 3.63) is 45.9 Å². The average molecular weight is 333 g/mol. The van der Waals surface area contributed by atoms with Crippen LogP contribution in [0, 0.1) is 0 Å². The topological polar surface area (TPSA) is 54.5 Å². The van der Waals surface area contributed by atoms with Crippen molar-refractivity contribution in [2.75, 3.05) is 27.7 Å². The van der Waals surface area contributed by atoms with Gasteiger partial charge in [0, 0.05) is 6.54 Å². The van der Waals surface area contributed by atoms with E-state index >= 15 is 0 Å². The van der Waals surface area contributed by atoms with Crippen molar-refractivity contribution in [3.8, 4) is 5.75 Å². The Morgan fingerprint density at radius 1 is 1.35 bits per heavy atom. The minimum Gasteiger partial charge on any atom is -0.497 e. The largest absolute Gasteiger partial charge is 0.497 e. The Bertz CT molecular complexity index is 638. The van der Waals surface area contributed by atoms with E-state index in [0.29, 0.717) is 11.4 Å². The van der Waals surface area contributed by atoms with Crippen LogP contribution in [0.3, 0.4) is 0 Å². The number of hydrogen-bond donors (Lipinski definition) is 1. The molecule has 1 aromatic carbocycles. The highest BCUT2D eigenvalue weighted by Crippen LogP contribution is 2.21. The number of likely N-dealkylation sites (N-methyl/N-ethyl adjacent to an activating group) is 1. The summed E-state index contributed by atoms with van der Waals surface area (Å²) in [4.78, 5) is 19.4. The van der Waals surface area contributed by atoms with Gasteiger partial charge in [0.05, 0.1) is 24.4 Å². The Morgan fingerprint density at radius 3 is 2.61 bits per heavy atom. The van der Waals surface area contributed by atoms with Gasteiger partial charge in [-0.1, -0.05) is 19.1 Å². The zero-order valence-electron chi connectivity index (χ0n) is 14.0. The molecule has 1 N–H and O–H groups in total. The third kappa shape index (κ3) is 4.30. The molecule has 124 valence electrons. The van der Waals surface area contributed by atoms with Crippen LogP contribution in [-0.4, -0.2) is 43.5 Å². The van der Waals surface area contributed by atoms with Crippen molar-refractivity contribution in [1.82, 2.24) is 15.2 Å². The van der Waals surface area contributed by atoms with Crippen molar-refractivity contribution in [1.29, 1.82) is 0 Å². The SMILES string of the molecule is CCc1ncsc1C(=O)NCC(c1ccc(OC)cc1)N(C)C. The zero-order chi connectivity index (χ0) is 16.8. The Labute approximate surface area is 141 Å². The number of amides is 1. The molecule has 1 unspecified atom stereocenters. The van der Waals surface area contributed by atoms with E-state index in [1.165, 1.54) is 11.3 Å². The minimum absolute atomic E-state index is 0.0512. The molecule has 0 saturated carbocycles. The van der Waals surface area contributed by atoms with Crippen molar-refractivity contribution in [2.24, 2.45) is 0 Å². The molecule has 0 radical (unpaired) electrons. The Balaban J connectivity index is 2.06. The number of nitrogens with one attached hydrogen (secondary N) is 1. The highest BCUT2D eigenvalue weighted by molar-refractivity contribution is 7.11. The molecule has 2 aromatic rings. The standard InChI is InChI=1S/C17H23N3O2S/c1-5-14-16(23-11-19-14)17(21)18-10-15(20(2)3)12-6-8-13(22-4)9-7-12/h6-9,11,15H,5,10H2,1-4H3,(H,18,21).